The van der Waals surface area contributed by atoms with E-state index in [4.69, 9.17) is 4.52 Å². The van der Waals surface area contributed by atoms with Gasteiger partial charge in [-0.1, -0.05) is 41.1 Å². The fourth-order valence-electron chi connectivity index (χ4n) is 3.15. The Kier molecular flexibility index (Phi) is 4.87. The summed E-state index contributed by atoms with van der Waals surface area (Å²) in [6, 6.07) is 15.4. The maximum atomic E-state index is 14.5. The van der Waals surface area contributed by atoms with Gasteiger partial charge in [0.15, 0.2) is 0 Å². The molecular weight excluding hydrogens is 371 g/mol. The van der Waals surface area contributed by atoms with Crippen LogP contribution >= 0.6 is 0 Å². The van der Waals surface area contributed by atoms with Gasteiger partial charge in [0, 0.05) is 18.7 Å². The van der Waals surface area contributed by atoms with Crippen LogP contribution in [0.2, 0.25) is 0 Å². The van der Waals surface area contributed by atoms with Gasteiger partial charge in [-0.2, -0.15) is 0 Å². The minimum atomic E-state index is -0.551. The number of nitrogens with zero attached hydrogens (tertiary/aromatic N) is 4. The average Bonchev–Trinajstić information content (AvgIpc) is 3.15. The van der Waals surface area contributed by atoms with Gasteiger partial charge in [-0.25, -0.2) is 19.3 Å². The number of aryl methyl sites for hydroxylation is 1. The van der Waals surface area contributed by atoms with Crippen LogP contribution in [-0.2, 0) is 4.79 Å². The lowest BCUT2D eigenvalue weighted by atomic mass is 10.0. The number of amides is 1. The number of anilines is 2. The molecule has 0 aliphatic rings. The molecule has 0 aliphatic heterocycles. The van der Waals surface area contributed by atoms with Gasteiger partial charge < -0.3 is 4.52 Å². The molecule has 2 aromatic heterocycles. The third-order valence-electron chi connectivity index (χ3n) is 4.42. The first-order valence-electron chi connectivity index (χ1n) is 8.94. The van der Waals surface area contributed by atoms with Gasteiger partial charge in [0.05, 0.1) is 16.9 Å². The SMILES string of the molecule is CC(=O)N(c1ccccc1F)c1onc(-c2cccc(C)c2)c1-c1ccncn1. The summed E-state index contributed by atoms with van der Waals surface area (Å²) in [6.07, 6.45) is 2.98. The Balaban J connectivity index is 1.99. The second-order valence-corrected chi connectivity index (χ2v) is 6.48. The summed E-state index contributed by atoms with van der Waals surface area (Å²) in [7, 11) is 0. The highest BCUT2D eigenvalue weighted by atomic mass is 19.1. The van der Waals surface area contributed by atoms with E-state index in [1.54, 1.807) is 24.4 Å². The monoisotopic (exact) mass is 388 g/mol. The van der Waals surface area contributed by atoms with Crippen LogP contribution in [0.5, 0.6) is 0 Å². The summed E-state index contributed by atoms with van der Waals surface area (Å²) in [6.45, 7) is 3.31. The summed E-state index contributed by atoms with van der Waals surface area (Å²) in [4.78, 5) is 21.9. The largest absolute Gasteiger partial charge is 0.336 e. The number of hydrogen-bond acceptors (Lipinski definition) is 5. The zero-order valence-electron chi connectivity index (χ0n) is 15.8. The molecule has 4 rings (SSSR count). The van der Waals surface area contributed by atoms with Crippen LogP contribution in [0.3, 0.4) is 0 Å². The van der Waals surface area contributed by atoms with Gasteiger partial charge in [0.2, 0.25) is 11.8 Å². The second kappa shape index (κ2) is 7.63. The van der Waals surface area contributed by atoms with Gasteiger partial charge >= 0.3 is 0 Å². The Morgan fingerprint density at radius 3 is 2.62 bits per heavy atom. The molecule has 7 heteroatoms. The molecule has 0 saturated heterocycles. The van der Waals surface area contributed by atoms with E-state index in [1.807, 2.05) is 31.2 Å². The molecule has 2 heterocycles. The summed E-state index contributed by atoms with van der Waals surface area (Å²) in [5.41, 5.74) is 3.41. The first-order chi connectivity index (χ1) is 14.1. The van der Waals surface area contributed by atoms with Crippen LogP contribution < -0.4 is 4.90 Å². The fraction of sp³-hybridized carbons (Fsp3) is 0.0909. The predicted octanol–water partition coefficient (Wildman–Crippen LogP) is 4.93. The van der Waals surface area contributed by atoms with Crippen molar-refractivity contribution in [2.75, 3.05) is 4.90 Å². The van der Waals surface area contributed by atoms with Gasteiger partial charge in [-0.15, -0.1) is 0 Å². The molecular formula is C22H17FN4O2. The highest BCUT2D eigenvalue weighted by molar-refractivity contribution is 6.03. The molecule has 29 heavy (non-hydrogen) atoms. The first-order valence-corrected chi connectivity index (χ1v) is 8.94. The molecule has 0 saturated carbocycles. The van der Waals surface area contributed by atoms with Crippen molar-refractivity contribution in [1.82, 2.24) is 15.1 Å². The molecule has 1 amide bonds. The minimum Gasteiger partial charge on any atom is -0.336 e. The Hall–Kier alpha value is -3.87. The average molecular weight is 388 g/mol. The molecule has 0 N–H and O–H groups in total. The van der Waals surface area contributed by atoms with E-state index in [0.717, 1.165) is 11.1 Å². The Morgan fingerprint density at radius 2 is 1.93 bits per heavy atom. The number of hydrogen-bond donors (Lipinski definition) is 0. The Labute approximate surface area is 166 Å². The topological polar surface area (TPSA) is 72.1 Å². The maximum absolute atomic E-state index is 14.5. The molecule has 0 atom stereocenters. The van der Waals surface area contributed by atoms with Crippen molar-refractivity contribution in [3.8, 4) is 22.5 Å². The lowest BCUT2D eigenvalue weighted by molar-refractivity contribution is -0.116. The number of rotatable bonds is 4. The standard InChI is InChI=1S/C22H17FN4O2/c1-14-6-5-7-16(12-14)21-20(18-10-11-24-13-25-18)22(29-26-21)27(15(2)28)19-9-4-3-8-17(19)23/h3-13H,1-2H3. The van der Waals surface area contributed by atoms with Crippen molar-refractivity contribution in [2.24, 2.45) is 0 Å². The van der Waals surface area contributed by atoms with Crippen LogP contribution in [0.15, 0.2) is 71.6 Å². The normalized spacial score (nSPS) is 10.7. The van der Waals surface area contributed by atoms with E-state index in [2.05, 4.69) is 15.1 Å². The number of para-hydroxylation sites is 1. The fourth-order valence-corrected chi connectivity index (χ4v) is 3.15. The quantitative estimate of drug-likeness (QED) is 0.496. The van der Waals surface area contributed by atoms with Crippen LogP contribution in [-0.4, -0.2) is 21.0 Å². The summed E-state index contributed by atoms with van der Waals surface area (Å²) in [5.74, 6) is -0.875. The van der Waals surface area contributed by atoms with E-state index in [-0.39, 0.29) is 11.6 Å². The van der Waals surface area contributed by atoms with E-state index < -0.39 is 11.7 Å². The van der Waals surface area contributed by atoms with Gasteiger partial charge in [0.1, 0.15) is 17.8 Å². The summed E-state index contributed by atoms with van der Waals surface area (Å²) >= 11 is 0. The zero-order chi connectivity index (χ0) is 20.4. The lowest BCUT2D eigenvalue weighted by Gasteiger charge is -2.19. The minimum absolute atomic E-state index is 0.0715. The maximum Gasteiger partial charge on any atom is 0.248 e. The third-order valence-corrected chi connectivity index (χ3v) is 4.42. The van der Waals surface area contributed by atoms with Crippen molar-refractivity contribution >= 4 is 17.5 Å². The molecule has 0 unspecified atom stereocenters. The highest BCUT2D eigenvalue weighted by Gasteiger charge is 2.29. The van der Waals surface area contributed by atoms with Gasteiger partial charge in [-0.3, -0.25) is 4.79 Å². The van der Waals surface area contributed by atoms with Crippen molar-refractivity contribution in [3.63, 3.8) is 0 Å². The number of aromatic nitrogens is 3. The molecule has 6 nitrogen and oxygen atoms in total. The second-order valence-electron chi connectivity index (χ2n) is 6.48. The summed E-state index contributed by atoms with van der Waals surface area (Å²) in [5, 5.41) is 4.21. The molecule has 0 radical (unpaired) electrons. The van der Waals surface area contributed by atoms with E-state index >= 15 is 0 Å². The molecule has 4 aromatic rings. The predicted molar refractivity (Wildman–Crippen MR) is 107 cm³/mol. The Morgan fingerprint density at radius 1 is 1.10 bits per heavy atom. The molecule has 0 bridgehead atoms. The van der Waals surface area contributed by atoms with E-state index in [0.29, 0.717) is 17.0 Å². The van der Waals surface area contributed by atoms with Gasteiger partial charge in [0.25, 0.3) is 0 Å². The number of benzene rings is 2. The summed E-state index contributed by atoms with van der Waals surface area (Å²) < 4.78 is 20.1. The molecule has 2 aromatic carbocycles. The van der Waals surface area contributed by atoms with Crippen LogP contribution in [0.25, 0.3) is 22.5 Å². The molecule has 0 fully saturated rings. The molecule has 144 valence electrons. The lowest BCUT2D eigenvalue weighted by Crippen LogP contribution is -2.24. The number of halogens is 1. The Bertz CT molecular complexity index is 1170. The van der Waals surface area contributed by atoms with Crippen molar-refractivity contribution < 1.29 is 13.7 Å². The van der Waals surface area contributed by atoms with E-state index in [1.165, 1.54) is 30.3 Å². The van der Waals surface area contributed by atoms with E-state index in [9.17, 15) is 9.18 Å². The smallest absolute Gasteiger partial charge is 0.248 e. The number of carbonyl (C=O) groups is 1. The van der Waals surface area contributed by atoms with Crippen LogP contribution in [0.4, 0.5) is 16.0 Å². The molecule has 0 aliphatic carbocycles. The van der Waals surface area contributed by atoms with Crippen molar-refractivity contribution in [1.29, 1.82) is 0 Å². The third kappa shape index (κ3) is 3.50. The highest BCUT2D eigenvalue weighted by Crippen LogP contribution is 2.41. The van der Waals surface area contributed by atoms with Crippen LogP contribution in [0, 0.1) is 12.7 Å². The zero-order valence-corrected chi connectivity index (χ0v) is 15.8. The van der Waals surface area contributed by atoms with Crippen LogP contribution in [0.1, 0.15) is 12.5 Å². The van der Waals surface area contributed by atoms with Crippen molar-refractivity contribution in [3.05, 3.63) is 78.5 Å². The van der Waals surface area contributed by atoms with Gasteiger partial charge in [-0.05, 0) is 31.2 Å². The van der Waals surface area contributed by atoms with Crippen molar-refractivity contribution in [2.45, 2.75) is 13.8 Å². The first kappa shape index (κ1) is 18.5. The number of carbonyl (C=O) groups excluding carboxylic acids is 1. The molecule has 0 spiro atoms.